The molecule has 3 nitrogen and oxygen atoms in total. The smallest absolute Gasteiger partial charge is 0.156 e. The summed E-state index contributed by atoms with van der Waals surface area (Å²) >= 11 is 0. The fourth-order valence-electron chi connectivity index (χ4n) is 8.02. The molecule has 172 valence electrons. The second kappa shape index (κ2) is 7.99. The zero-order valence-corrected chi connectivity index (χ0v) is 20.2. The molecule has 2 saturated carbocycles. The fraction of sp³-hybridized carbons (Fsp3) is 0.750. The zero-order chi connectivity index (χ0) is 22.6. The first-order valence-corrected chi connectivity index (χ1v) is 12.5. The van der Waals surface area contributed by atoms with Crippen LogP contribution in [0.15, 0.2) is 35.5 Å². The first-order chi connectivity index (χ1) is 14.6. The number of rotatable bonds is 5. The summed E-state index contributed by atoms with van der Waals surface area (Å²) in [6, 6.07) is 0. The summed E-state index contributed by atoms with van der Waals surface area (Å²) in [4.78, 5) is 12.2. The molecule has 0 radical (unpaired) electrons. The Kier molecular flexibility index (Phi) is 5.92. The number of hydrogen-bond donors (Lipinski definition) is 2. The van der Waals surface area contributed by atoms with Crippen LogP contribution >= 0.6 is 0 Å². The molecule has 2 N–H and O–H groups in total. The van der Waals surface area contributed by atoms with Gasteiger partial charge in [0.15, 0.2) is 5.78 Å². The van der Waals surface area contributed by atoms with Gasteiger partial charge >= 0.3 is 0 Å². The third kappa shape index (κ3) is 3.42. The SMILES string of the molecule is CC(C)C/C=C/C(C)C1CCC2(C)C3CCC4(CO)CC(=O)C=CC4=C3C(O)CC12C. The lowest BCUT2D eigenvalue weighted by Crippen LogP contribution is -2.55. The van der Waals surface area contributed by atoms with Crippen molar-refractivity contribution < 1.29 is 15.0 Å². The molecular formula is C28H42O3. The van der Waals surface area contributed by atoms with Gasteiger partial charge in [-0.2, -0.15) is 0 Å². The van der Waals surface area contributed by atoms with E-state index >= 15 is 0 Å². The minimum absolute atomic E-state index is 0.00432. The summed E-state index contributed by atoms with van der Waals surface area (Å²) in [5.41, 5.74) is 1.99. The van der Waals surface area contributed by atoms with E-state index in [1.807, 2.05) is 6.08 Å². The van der Waals surface area contributed by atoms with Crippen LogP contribution in [0.25, 0.3) is 0 Å². The van der Waals surface area contributed by atoms with Crippen molar-refractivity contribution in [1.29, 1.82) is 0 Å². The molecule has 4 rings (SSSR count). The topological polar surface area (TPSA) is 57.5 Å². The molecule has 7 atom stereocenters. The van der Waals surface area contributed by atoms with Gasteiger partial charge in [0.1, 0.15) is 0 Å². The van der Waals surface area contributed by atoms with Crippen LogP contribution in [0, 0.1) is 39.9 Å². The molecule has 3 heteroatoms. The van der Waals surface area contributed by atoms with Crippen LogP contribution in [0.2, 0.25) is 0 Å². The van der Waals surface area contributed by atoms with E-state index in [1.165, 1.54) is 12.8 Å². The van der Waals surface area contributed by atoms with Crippen molar-refractivity contribution in [3.8, 4) is 0 Å². The molecule has 4 aliphatic rings. The molecule has 31 heavy (non-hydrogen) atoms. The predicted octanol–water partition coefficient (Wildman–Crippen LogP) is 5.63. The molecule has 0 bridgehead atoms. The van der Waals surface area contributed by atoms with Gasteiger partial charge in [0.25, 0.3) is 0 Å². The Morgan fingerprint density at radius 2 is 1.87 bits per heavy atom. The van der Waals surface area contributed by atoms with Crippen molar-refractivity contribution >= 4 is 5.78 Å². The van der Waals surface area contributed by atoms with Crippen LogP contribution in [-0.2, 0) is 4.79 Å². The number of ketones is 1. The summed E-state index contributed by atoms with van der Waals surface area (Å²) in [5, 5.41) is 21.8. The van der Waals surface area contributed by atoms with Crippen LogP contribution in [-0.4, -0.2) is 28.7 Å². The van der Waals surface area contributed by atoms with Crippen molar-refractivity contribution in [3.05, 3.63) is 35.5 Å². The van der Waals surface area contributed by atoms with Crippen molar-refractivity contribution in [2.45, 2.75) is 85.7 Å². The Morgan fingerprint density at radius 3 is 2.55 bits per heavy atom. The summed E-state index contributed by atoms with van der Waals surface area (Å²) in [5.74, 6) is 2.21. The van der Waals surface area contributed by atoms with Gasteiger partial charge < -0.3 is 10.2 Å². The molecule has 0 aromatic rings. The number of allylic oxidation sites excluding steroid dienone is 4. The molecule has 0 amide bonds. The van der Waals surface area contributed by atoms with Gasteiger partial charge in [0.05, 0.1) is 12.7 Å². The van der Waals surface area contributed by atoms with Crippen LogP contribution in [0.3, 0.4) is 0 Å². The number of aliphatic hydroxyl groups is 2. The quantitative estimate of drug-likeness (QED) is 0.561. The predicted molar refractivity (Wildman–Crippen MR) is 125 cm³/mol. The van der Waals surface area contributed by atoms with Crippen molar-refractivity contribution in [3.63, 3.8) is 0 Å². The normalized spacial score (nSPS) is 43.4. The molecule has 0 saturated heterocycles. The standard InChI is InChI=1S/C28H42O3/c1-18(2)7-6-8-19(3)21-11-13-26(4)22-12-14-28(17-29)15-20(30)9-10-23(28)25(22)24(31)16-27(21,26)5/h6,8-10,18-19,21-22,24,29,31H,7,11-17H2,1-5H3/b8-6+. The van der Waals surface area contributed by atoms with E-state index in [-0.39, 0.29) is 23.2 Å². The lowest BCUT2D eigenvalue weighted by atomic mass is 9.45. The number of hydrogen-bond acceptors (Lipinski definition) is 3. The highest BCUT2D eigenvalue weighted by Gasteiger charge is 2.64. The molecule has 0 heterocycles. The molecule has 0 aromatic heterocycles. The molecule has 2 fully saturated rings. The van der Waals surface area contributed by atoms with Gasteiger partial charge in [-0.05, 0) is 90.2 Å². The first-order valence-electron chi connectivity index (χ1n) is 12.5. The van der Waals surface area contributed by atoms with Crippen LogP contribution in [0.4, 0.5) is 0 Å². The van der Waals surface area contributed by atoms with Crippen molar-refractivity contribution in [2.24, 2.45) is 39.9 Å². The Balaban J connectivity index is 1.71. The lowest BCUT2D eigenvalue weighted by molar-refractivity contribution is -0.118. The summed E-state index contributed by atoms with van der Waals surface area (Å²) in [6.07, 6.45) is 14.4. The third-order valence-electron chi connectivity index (χ3n) is 9.95. The van der Waals surface area contributed by atoms with Gasteiger partial charge in [0, 0.05) is 11.8 Å². The maximum Gasteiger partial charge on any atom is 0.156 e. The summed E-state index contributed by atoms with van der Waals surface area (Å²) in [6.45, 7) is 11.8. The van der Waals surface area contributed by atoms with Crippen LogP contribution in [0.1, 0.15) is 79.6 Å². The summed E-state index contributed by atoms with van der Waals surface area (Å²) in [7, 11) is 0. The Hall–Kier alpha value is -1.19. The van der Waals surface area contributed by atoms with E-state index in [0.29, 0.717) is 30.1 Å². The number of fused-ring (bicyclic) bond motifs is 4. The molecule has 7 unspecified atom stereocenters. The monoisotopic (exact) mass is 426 g/mol. The average Bonchev–Trinajstić information content (AvgIpc) is 2.98. The van der Waals surface area contributed by atoms with E-state index in [1.54, 1.807) is 6.08 Å². The van der Waals surface area contributed by atoms with E-state index in [0.717, 1.165) is 36.8 Å². The zero-order valence-electron chi connectivity index (χ0n) is 20.2. The second-order valence-electron chi connectivity index (χ2n) is 12.0. The van der Waals surface area contributed by atoms with Gasteiger partial charge in [-0.3, -0.25) is 4.79 Å². The highest BCUT2D eigenvalue weighted by Crippen LogP contribution is 2.71. The van der Waals surface area contributed by atoms with Crippen molar-refractivity contribution in [1.82, 2.24) is 0 Å². The Bertz CT molecular complexity index is 820. The van der Waals surface area contributed by atoms with Gasteiger partial charge in [-0.1, -0.05) is 52.8 Å². The van der Waals surface area contributed by atoms with Gasteiger partial charge in [-0.15, -0.1) is 0 Å². The maximum absolute atomic E-state index is 12.2. The van der Waals surface area contributed by atoms with Crippen molar-refractivity contribution in [2.75, 3.05) is 6.61 Å². The third-order valence-corrected chi connectivity index (χ3v) is 9.95. The lowest BCUT2D eigenvalue weighted by Gasteiger charge is -2.59. The average molecular weight is 427 g/mol. The number of aliphatic hydroxyl groups excluding tert-OH is 2. The van der Waals surface area contributed by atoms with E-state index in [4.69, 9.17) is 0 Å². The highest BCUT2D eigenvalue weighted by molar-refractivity contribution is 5.93. The van der Waals surface area contributed by atoms with Gasteiger partial charge in [0.2, 0.25) is 0 Å². The van der Waals surface area contributed by atoms with E-state index in [9.17, 15) is 15.0 Å². The molecule has 4 aliphatic carbocycles. The molecule has 0 spiro atoms. The molecule has 0 aliphatic heterocycles. The van der Waals surface area contributed by atoms with Crippen LogP contribution < -0.4 is 0 Å². The molecular weight excluding hydrogens is 384 g/mol. The maximum atomic E-state index is 12.2. The highest BCUT2D eigenvalue weighted by atomic mass is 16.3. The fourth-order valence-corrected chi connectivity index (χ4v) is 8.02. The largest absolute Gasteiger partial charge is 0.395 e. The minimum atomic E-state index is -0.479. The van der Waals surface area contributed by atoms with E-state index < -0.39 is 11.5 Å². The second-order valence-corrected chi connectivity index (χ2v) is 12.0. The number of carbonyl (C=O) groups excluding carboxylic acids is 1. The van der Waals surface area contributed by atoms with Crippen LogP contribution in [0.5, 0.6) is 0 Å². The summed E-state index contributed by atoms with van der Waals surface area (Å²) < 4.78 is 0. The van der Waals surface area contributed by atoms with Gasteiger partial charge in [-0.25, -0.2) is 0 Å². The number of carbonyl (C=O) groups is 1. The Labute approximate surface area is 188 Å². The minimum Gasteiger partial charge on any atom is -0.395 e. The first kappa shape index (κ1) is 23.0. The Morgan fingerprint density at radius 1 is 1.13 bits per heavy atom. The van der Waals surface area contributed by atoms with E-state index in [2.05, 4.69) is 46.8 Å². The molecule has 0 aromatic carbocycles.